The third-order valence-electron chi connectivity index (χ3n) is 3.54. The molecular formula is C12H18N4O2. The van der Waals surface area contributed by atoms with Crippen LogP contribution in [0.4, 0.5) is 0 Å². The lowest BCUT2D eigenvalue weighted by Crippen LogP contribution is -2.36. The molecule has 1 atom stereocenters. The van der Waals surface area contributed by atoms with Crippen molar-refractivity contribution in [3.63, 3.8) is 0 Å². The van der Waals surface area contributed by atoms with Gasteiger partial charge in [-0.15, -0.1) is 0 Å². The summed E-state index contributed by atoms with van der Waals surface area (Å²) in [7, 11) is 3.09. The molecule has 0 aliphatic rings. The van der Waals surface area contributed by atoms with Crippen molar-refractivity contribution in [3.05, 3.63) is 26.7 Å². The zero-order chi connectivity index (χ0) is 13.6. The maximum absolute atomic E-state index is 12.0. The van der Waals surface area contributed by atoms with Crippen molar-refractivity contribution in [2.45, 2.75) is 26.7 Å². The second kappa shape index (κ2) is 4.12. The normalized spacial score (nSPS) is 13.4. The zero-order valence-electron chi connectivity index (χ0n) is 11.3. The van der Waals surface area contributed by atoms with Crippen molar-refractivity contribution in [1.82, 2.24) is 19.1 Å². The summed E-state index contributed by atoms with van der Waals surface area (Å²) in [5, 5.41) is 0. The zero-order valence-corrected chi connectivity index (χ0v) is 11.3. The fourth-order valence-electron chi connectivity index (χ4n) is 1.88. The third-order valence-corrected chi connectivity index (χ3v) is 3.54. The average Bonchev–Trinajstić information content (AvgIpc) is 2.77. The van der Waals surface area contributed by atoms with E-state index in [1.807, 2.05) is 6.92 Å². The highest BCUT2D eigenvalue weighted by Crippen LogP contribution is 2.21. The quantitative estimate of drug-likeness (QED) is 0.853. The van der Waals surface area contributed by atoms with Crippen molar-refractivity contribution < 1.29 is 0 Å². The molecule has 0 amide bonds. The van der Waals surface area contributed by atoms with Crippen molar-refractivity contribution >= 4 is 11.2 Å². The average molecular weight is 250 g/mol. The highest BCUT2D eigenvalue weighted by atomic mass is 16.2. The number of hydrogen-bond donors (Lipinski definition) is 1. The molecule has 2 aromatic heterocycles. The lowest BCUT2D eigenvalue weighted by atomic mass is 9.98. The molecule has 98 valence electrons. The van der Waals surface area contributed by atoms with Gasteiger partial charge in [0.25, 0.3) is 5.56 Å². The Kier molecular flexibility index (Phi) is 2.88. The number of aromatic nitrogens is 4. The Morgan fingerprint density at radius 3 is 2.28 bits per heavy atom. The van der Waals surface area contributed by atoms with Gasteiger partial charge in [0.1, 0.15) is 11.3 Å². The van der Waals surface area contributed by atoms with E-state index in [-0.39, 0.29) is 17.2 Å². The summed E-state index contributed by atoms with van der Waals surface area (Å²) in [5.41, 5.74) is 0.123. The second-order valence-corrected chi connectivity index (χ2v) is 5.06. The largest absolute Gasteiger partial charge is 0.336 e. The van der Waals surface area contributed by atoms with Crippen LogP contribution < -0.4 is 11.2 Å². The van der Waals surface area contributed by atoms with Crippen LogP contribution in [0.3, 0.4) is 0 Å². The number of nitrogens with one attached hydrogen (secondary N) is 1. The summed E-state index contributed by atoms with van der Waals surface area (Å²) in [6.45, 7) is 6.23. The lowest BCUT2D eigenvalue weighted by Gasteiger charge is -2.11. The minimum absolute atomic E-state index is 0.206. The molecule has 1 N–H and O–H groups in total. The number of hydrogen-bond acceptors (Lipinski definition) is 3. The minimum atomic E-state index is -0.359. The number of aromatic amines is 1. The van der Waals surface area contributed by atoms with Gasteiger partial charge in [-0.2, -0.15) is 0 Å². The van der Waals surface area contributed by atoms with Crippen LogP contribution in [0.2, 0.25) is 0 Å². The van der Waals surface area contributed by atoms with Gasteiger partial charge in [0.05, 0.1) is 0 Å². The Bertz CT molecular complexity index is 705. The van der Waals surface area contributed by atoms with Gasteiger partial charge in [-0.05, 0) is 5.92 Å². The predicted octanol–water partition coefficient (Wildman–Crippen LogP) is 0.720. The number of aryl methyl sites for hydroxylation is 1. The molecule has 0 radical (unpaired) electrons. The Labute approximate surface area is 104 Å². The van der Waals surface area contributed by atoms with Gasteiger partial charge in [0.15, 0.2) is 5.65 Å². The molecular weight excluding hydrogens is 232 g/mol. The fourth-order valence-corrected chi connectivity index (χ4v) is 1.88. The standard InChI is InChI=1S/C12H18N4O2/c1-6(2)7(3)9-13-8-10(14-9)15(4)12(18)16(5)11(8)17/h6-7H,1-5H3,(H,13,14)/t7-/m0/s1. The van der Waals surface area contributed by atoms with E-state index in [2.05, 4.69) is 23.8 Å². The molecule has 0 saturated carbocycles. The van der Waals surface area contributed by atoms with Crippen LogP contribution in [0.5, 0.6) is 0 Å². The summed E-state index contributed by atoms with van der Waals surface area (Å²) < 4.78 is 2.48. The molecule has 6 nitrogen and oxygen atoms in total. The van der Waals surface area contributed by atoms with E-state index in [0.29, 0.717) is 17.1 Å². The molecule has 0 aromatic carbocycles. The highest BCUT2D eigenvalue weighted by Gasteiger charge is 2.18. The smallest absolute Gasteiger partial charge is 0.332 e. The summed E-state index contributed by atoms with van der Waals surface area (Å²) in [5.74, 6) is 1.36. The van der Waals surface area contributed by atoms with E-state index in [1.165, 1.54) is 11.6 Å². The molecule has 2 rings (SSSR count). The van der Waals surface area contributed by atoms with Crippen molar-refractivity contribution in [2.75, 3.05) is 0 Å². The van der Waals surface area contributed by atoms with Crippen LogP contribution in [0.1, 0.15) is 32.5 Å². The molecule has 18 heavy (non-hydrogen) atoms. The maximum atomic E-state index is 12.0. The van der Waals surface area contributed by atoms with Crippen molar-refractivity contribution in [3.8, 4) is 0 Å². The van der Waals surface area contributed by atoms with E-state index in [0.717, 1.165) is 10.4 Å². The van der Waals surface area contributed by atoms with Crippen molar-refractivity contribution in [1.29, 1.82) is 0 Å². The van der Waals surface area contributed by atoms with Crippen LogP contribution in [0.15, 0.2) is 9.59 Å². The minimum Gasteiger partial charge on any atom is -0.336 e. The maximum Gasteiger partial charge on any atom is 0.332 e. The van der Waals surface area contributed by atoms with Gasteiger partial charge in [0.2, 0.25) is 0 Å². The molecule has 0 spiro atoms. The fraction of sp³-hybridized carbons (Fsp3) is 0.583. The highest BCUT2D eigenvalue weighted by molar-refractivity contribution is 5.69. The van der Waals surface area contributed by atoms with Gasteiger partial charge < -0.3 is 4.98 Å². The summed E-state index contributed by atoms with van der Waals surface area (Å²) >= 11 is 0. The van der Waals surface area contributed by atoms with Crippen LogP contribution in [0.25, 0.3) is 11.2 Å². The van der Waals surface area contributed by atoms with Gasteiger partial charge in [-0.25, -0.2) is 9.78 Å². The summed E-state index contributed by atoms with van der Waals surface area (Å²) in [6, 6.07) is 0. The Morgan fingerprint density at radius 2 is 1.72 bits per heavy atom. The lowest BCUT2D eigenvalue weighted by molar-refractivity contribution is 0.515. The molecule has 6 heteroatoms. The molecule has 0 aliphatic carbocycles. The first kappa shape index (κ1) is 12.6. The van der Waals surface area contributed by atoms with E-state index in [4.69, 9.17) is 0 Å². The van der Waals surface area contributed by atoms with E-state index >= 15 is 0 Å². The van der Waals surface area contributed by atoms with Crippen LogP contribution in [-0.2, 0) is 14.1 Å². The molecule has 2 aromatic rings. The van der Waals surface area contributed by atoms with E-state index < -0.39 is 0 Å². The van der Waals surface area contributed by atoms with E-state index in [9.17, 15) is 9.59 Å². The Morgan fingerprint density at radius 1 is 1.11 bits per heavy atom. The first-order valence-electron chi connectivity index (χ1n) is 6.00. The van der Waals surface area contributed by atoms with Crippen LogP contribution >= 0.6 is 0 Å². The van der Waals surface area contributed by atoms with Gasteiger partial charge in [0, 0.05) is 20.0 Å². The second-order valence-electron chi connectivity index (χ2n) is 5.06. The van der Waals surface area contributed by atoms with Gasteiger partial charge in [-0.1, -0.05) is 20.8 Å². The number of imidazole rings is 1. The van der Waals surface area contributed by atoms with Gasteiger partial charge in [-0.3, -0.25) is 13.9 Å². The number of nitrogens with zero attached hydrogens (tertiary/aromatic N) is 3. The number of H-pyrrole nitrogens is 1. The molecule has 0 fully saturated rings. The van der Waals surface area contributed by atoms with Crippen LogP contribution in [0, 0.1) is 5.92 Å². The number of rotatable bonds is 2. The Hall–Kier alpha value is -1.85. The topological polar surface area (TPSA) is 72.7 Å². The molecule has 2 heterocycles. The summed E-state index contributed by atoms with van der Waals surface area (Å²) in [6.07, 6.45) is 0. The molecule has 0 aliphatic heterocycles. The molecule has 0 unspecified atom stereocenters. The van der Waals surface area contributed by atoms with Crippen molar-refractivity contribution in [2.24, 2.45) is 20.0 Å². The monoisotopic (exact) mass is 250 g/mol. The number of fused-ring (bicyclic) bond motifs is 1. The first-order chi connectivity index (χ1) is 8.34. The molecule has 0 saturated heterocycles. The predicted molar refractivity (Wildman–Crippen MR) is 69.8 cm³/mol. The first-order valence-corrected chi connectivity index (χ1v) is 6.00. The van der Waals surface area contributed by atoms with E-state index in [1.54, 1.807) is 7.05 Å². The summed E-state index contributed by atoms with van der Waals surface area (Å²) in [4.78, 5) is 31.2. The van der Waals surface area contributed by atoms with Gasteiger partial charge >= 0.3 is 5.69 Å². The SMILES string of the molecule is CC(C)[C@H](C)c1nc2c([nH]1)c(=O)n(C)c(=O)n2C. The Balaban J connectivity index is 2.81. The van der Waals surface area contributed by atoms with Crippen LogP contribution in [-0.4, -0.2) is 19.1 Å². The third kappa shape index (κ3) is 1.68. The molecule has 0 bridgehead atoms.